The summed E-state index contributed by atoms with van der Waals surface area (Å²) >= 11 is 0. The van der Waals surface area contributed by atoms with Gasteiger partial charge in [0, 0.05) is 6.04 Å². The normalized spacial score (nSPS) is 14.9. The zero-order chi connectivity index (χ0) is 16.1. The maximum absolute atomic E-state index is 12.2. The van der Waals surface area contributed by atoms with Crippen molar-refractivity contribution in [2.75, 3.05) is 20.8 Å². The molecule has 0 aromatic heterocycles. The average molecular weight is 307 g/mol. The van der Waals surface area contributed by atoms with Crippen molar-refractivity contribution in [2.24, 2.45) is 5.92 Å². The third-order valence-corrected chi connectivity index (χ3v) is 3.68. The summed E-state index contributed by atoms with van der Waals surface area (Å²) in [6.07, 6.45) is 2.28. The van der Waals surface area contributed by atoms with Crippen LogP contribution in [-0.2, 0) is 9.53 Å². The van der Waals surface area contributed by atoms with E-state index in [0.717, 1.165) is 12.8 Å². The molecule has 22 heavy (non-hydrogen) atoms. The van der Waals surface area contributed by atoms with Crippen LogP contribution in [0.4, 0.5) is 0 Å². The van der Waals surface area contributed by atoms with Crippen LogP contribution >= 0.6 is 0 Å². The molecule has 1 aliphatic rings. The van der Waals surface area contributed by atoms with Gasteiger partial charge < -0.3 is 19.5 Å². The first-order valence-electron chi connectivity index (χ1n) is 7.24. The molecule has 6 nitrogen and oxygen atoms in total. The van der Waals surface area contributed by atoms with E-state index >= 15 is 0 Å². The third-order valence-electron chi connectivity index (χ3n) is 3.68. The highest BCUT2D eigenvalue weighted by atomic mass is 16.5. The molecule has 1 atom stereocenters. The molecule has 1 aromatic carbocycles. The lowest BCUT2D eigenvalue weighted by Crippen LogP contribution is -2.37. The number of rotatable bonds is 7. The first-order chi connectivity index (χ1) is 10.6. The van der Waals surface area contributed by atoms with Crippen molar-refractivity contribution >= 4 is 11.9 Å². The van der Waals surface area contributed by atoms with Gasteiger partial charge in [0.15, 0.2) is 6.61 Å². The molecule has 1 N–H and O–H groups in total. The van der Waals surface area contributed by atoms with Crippen molar-refractivity contribution in [3.05, 3.63) is 23.8 Å². The number of amides is 1. The summed E-state index contributed by atoms with van der Waals surface area (Å²) in [5.74, 6) is 0.284. The molecule has 1 amide bonds. The molecule has 0 bridgehead atoms. The predicted molar refractivity (Wildman–Crippen MR) is 80.2 cm³/mol. The molecule has 0 unspecified atom stereocenters. The fourth-order valence-electron chi connectivity index (χ4n) is 2.27. The lowest BCUT2D eigenvalue weighted by atomic mass is 10.2. The highest BCUT2D eigenvalue weighted by Gasteiger charge is 2.29. The Labute approximate surface area is 129 Å². The molecular weight excluding hydrogens is 286 g/mol. The third kappa shape index (κ3) is 3.90. The fraction of sp³-hybridized carbons (Fsp3) is 0.500. The Hall–Kier alpha value is -2.24. The second-order valence-corrected chi connectivity index (χ2v) is 5.31. The van der Waals surface area contributed by atoms with Gasteiger partial charge in [-0.3, -0.25) is 4.79 Å². The summed E-state index contributed by atoms with van der Waals surface area (Å²) in [7, 11) is 2.91. The van der Waals surface area contributed by atoms with Crippen molar-refractivity contribution in [2.45, 2.75) is 25.8 Å². The summed E-state index contributed by atoms with van der Waals surface area (Å²) in [6.45, 7) is 1.64. The van der Waals surface area contributed by atoms with Crippen molar-refractivity contribution in [3.8, 4) is 11.5 Å². The smallest absolute Gasteiger partial charge is 0.346 e. The van der Waals surface area contributed by atoms with Crippen LogP contribution in [0.25, 0.3) is 0 Å². The number of methoxy groups -OCH3 is 2. The molecule has 0 spiro atoms. The quantitative estimate of drug-likeness (QED) is 0.777. The second-order valence-electron chi connectivity index (χ2n) is 5.31. The maximum atomic E-state index is 12.2. The Bertz CT molecular complexity index is 531. The topological polar surface area (TPSA) is 73.9 Å². The number of benzene rings is 1. The Balaban J connectivity index is 1.95. The van der Waals surface area contributed by atoms with Crippen molar-refractivity contribution < 1.29 is 23.8 Å². The average Bonchev–Trinajstić information content (AvgIpc) is 3.36. The minimum Gasteiger partial charge on any atom is -0.496 e. The minimum atomic E-state index is -0.650. The highest BCUT2D eigenvalue weighted by Crippen LogP contribution is 2.32. The molecule has 0 radical (unpaired) electrons. The van der Waals surface area contributed by atoms with E-state index in [2.05, 4.69) is 5.32 Å². The van der Waals surface area contributed by atoms with Crippen LogP contribution in [-0.4, -0.2) is 38.7 Å². The zero-order valence-corrected chi connectivity index (χ0v) is 13.0. The van der Waals surface area contributed by atoms with Crippen LogP contribution in [0.1, 0.15) is 30.1 Å². The number of esters is 1. The monoisotopic (exact) mass is 307 g/mol. The predicted octanol–water partition coefficient (Wildman–Crippen LogP) is 1.78. The van der Waals surface area contributed by atoms with Gasteiger partial charge in [0.1, 0.15) is 17.1 Å². The fourth-order valence-corrected chi connectivity index (χ4v) is 2.27. The summed E-state index contributed by atoms with van der Waals surface area (Å²) in [6, 6.07) is 5.09. The van der Waals surface area contributed by atoms with Gasteiger partial charge in [0.05, 0.1) is 14.2 Å². The Morgan fingerprint density at radius 2 is 1.82 bits per heavy atom. The molecule has 1 aromatic rings. The van der Waals surface area contributed by atoms with Crippen LogP contribution in [0.2, 0.25) is 0 Å². The molecule has 2 rings (SSSR count). The van der Waals surface area contributed by atoms with Gasteiger partial charge in [0.2, 0.25) is 0 Å². The second kappa shape index (κ2) is 7.15. The molecule has 1 saturated carbocycles. The van der Waals surface area contributed by atoms with E-state index in [1.165, 1.54) is 14.2 Å². The highest BCUT2D eigenvalue weighted by molar-refractivity contribution is 5.96. The van der Waals surface area contributed by atoms with Crippen molar-refractivity contribution in [3.63, 3.8) is 0 Å². The summed E-state index contributed by atoms with van der Waals surface area (Å²) in [5, 5.41) is 2.83. The number of carbonyl (C=O) groups is 2. The Morgan fingerprint density at radius 1 is 1.23 bits per heavy atom. The van der Waals surface area contributed by atoms with E-state index in [1.54, 1.807) is 18.2 Å². The van der Waals surface area contributed by atoms with Crippen LogP contribution < -0.4 is 14.8 Å². The van der Waals surface area contributed by atoms with Crippen LogP contribution in [0.5, 0.6) is 11.5 Å². The molecular formula is C16H21NO5. The van der Waals surface area contributed by atoms with Gasteiger partial charge in [-0.15, -0.1) is 0 Å². The van der Waals surface area contributed by atoms with Gasteiger partial charge in [-0.1, -0.05) is 6.07 Å². The number of carbonyl (C=O) groups excluding carboxylic acids is 2. The standard InChI is InChI=1S/C16H21NO5/c1-10(11-7-8-11)17-14(18)9-22-16(19)15-12(20-2)5-4-6-13(15)21-3/h4-6,10-11H,7-9H2,1-3H3,(H,17,18)/t10-/m0/s1. The minimum absolute atomic E-state index is 0.118. The van der Waals surface area contributed by atoms with Crippen LogP contribution in [0.15, 0.2) is 18.2 Å². The van der Waals surface area contributed by atoms with Crippen LogP contribution in [0, 0.1) is 5.92 Å². The Kier molecular flexibility index (Phi) is 5.25. The summed E-state index contributed by atoms with van der Waals surface area (Å²) < 4.78 is 15.3. The molecule has 0 heterocycles. The van der Waals surface area contributed by atoms with E-state index < -0.39 is 5.97 Å². The summed E-state index contributed by atoms with van der Waals surface area (Å²) in [4.78, 5) is 24.0. The molecule has 6 heteroatoms. The molecule has 1 fully saturated rings. The van der Waals surface area contributed by atoms with E-state index in [-0.39, 0.29) is 24.1 Å². The number of hydrogen-bond acceptors (Lipinski definition) is 5. The summed E-state index contributed by atoms with van der Waals surface area (Å²) in [5.41, 5.74) is 0.176. The number of hydrogen-bond donors (Lipinski definition) is 1. The van der Waals surface area contributed by atoms with Gasteiger partial charge in [-0.2, -0.15) is 0 Å². The van der Waals surface area contributed by atoms with E-state index in [1.807, 2.05) is 6.92 Å². The number of nitrogens with one attached hydrogen (secondary N) is 1. The largest absolute Gasteiger partial charge is 0.496 e. The van der Waals surface area contributed by atoms with E-state index in [4.69, 9.17) is 14.2 Å². The Morgan fingerprint density at radius 3 is 2.32 bits per heavy atom. The lowest BCUT2D eigenvalue weighted by molar-refractivity contribution is -0.125. The van der Waals surface area contributed by atoms with Gasteiger partial charge >= 0.3 is 5.97 Å². The zero-order valence-electron chi connectivity index (χ0n) is 13.0. The lowest BCUT2D eigenvalue weighted by Gasteiger charge is -2.14. The van der Waals surface area contributed by atoms with Crippen molar-refractivity contribution in [1.82, 2.24) is 5.32 Å². The molecule has 0 aliphatic heterocycles. The first-order valence-corrected chi connectivity index (χ1v) is 7.24. The van der Waals surface area contributed by atoms with Gasteiger partial charge in [-0.05, 0) is 37.8 Å². The van der Waals surface area contributed by atoms with Crippen LogP contribution in [0.3, 0.4) is 0 Å². The van der Waals surface area contributed by atoms with Gasteiger partial charge in [0.25, 0.3) is 5.91 Å². The molecule has 0 saturated heterocycles. The molecule has 120 valence electrons. The van der Waals surface area contributed by atoms with E-state index in [9.17, 15) is 9.59 Å². The molecule has 1 aliphatic carbocycles. The number of ether oxygens (including phenoxy) is 3. The van der Waals surface area contributed by atoms with Gasteiger partial charge in [-0.25, -0.2) is 4.79 Å². The van der Waals surface area contributed by atoms with E-state index in [0.29, 0.717) is 17.4 Å². The SMILES string of the molecule is COc1cccc(OC)c1C(=O)OCC(=O)N[C@@H](C)C1CC1. The van der Waals surface area contributed by atoms with Crippen molar-refractivity contribution in [1.29, 1.82) is 0 Å². The first kappa shape index (κ1) is 16.1. The maximum Gasteiger partial charge on any atom is 0.346 e.